The minimum atomic E-state index is -0.460. The molecule has 1 aromatic heterocycles. The molecule has 0 amide bonds. The maximum Gasteiger partial charge on any atom is 0.223 e. The molecule has 1 aromatic rings. The molecule has 1 N–H and O–H groups in total. The van der Waals surface area contributed by atoms with Crippen molar-refractivity contribution in [3.8, 4) is 0 Å². The number of aryl methyl sites for hydroxylation is 1. The van der Waals surface area contributed by atoms with Gasteiger partial charge in [0.25, 0.3) is 0 Å². The van der Waals surface area contributed by atoms with Crippen LogP contribution >= 0.6 is 0 Å². The molecule has 18 heavy (non-hydrogen) atoms. The lowest BCUT2D eigenvalue weighted by Gasteiger charge is -2.24. The van der Waals surface area contributed by atoms with Gasteiger partial charge in [-0.05, 0) is 26.3 Å². The Hall–Kier alpha value is -0.980. The fourth-order valence-electron chi connectivity index (χ4n) is 2.36. The molecular formula is C12H21N3O3. The highest BCUT2D eigenvalue weighted by atomic mass is 16.5. The zero-order valence-corrected chi connectivity index (χ0v) is 11.0. The first-order chi connectivity index (χ1) is 8.70. The number of ether oxygens (including phenoxy) is 1. The fourth-order valence-corrected chi connectivity index (χ4v) is 2.36. The maximum absolute atomic E-state index is 9.88. The van der Waals surface area contributed by atoms with Crippen molar-refractivity contribution in [1.29, 1.82) is 0 Å². The predicted molar refractivity (Wildman–Crippen MR) is 65.1 cm³/mol. The van der Waals surface area contributed by atoms with E-state index in [-0.39, 0.29) is 6.04 Å². The molecule has 0 aliphatic carbocycles. The molecule has 102 valence electrons. The molecule has 0 saturated carbocycles. The number of aliphatic hydroxyl groups is 1. The fraction of sp³-hybridized carbons (Fsp3) is 0.833. The van der Waals surface area contributed by atoms with Crippen molar-refractivity contribution >= 4 is 0 Å². The molecule has 0 radical (unpaired) electrons. The van der Waals surface area contributed by atoms with Crippen LogP contribution in [-0.4, -0.2) is 52.6 Å². The number of aromatic nitrogens is 2. The topological polar surface area (TPSA) is 71.6 Å². The van der Waals surface area contributed by atoms with Gasteiger partial charge in [-0.3, -0.25) is 4.90 Å². The van der Waals surface area contributed by atoms with Crippen molar-refractivity contribution in [3.63, 3.8) is 0 Å². The lowest BCUT2D eigenvalue weighted by atomic mass is 10.2. The Balaban J connectivity index is 1.91. The van der Waals surface area contributed by atoms with E-state index in [9.17, 15) is 5.11 Å². The molecule has 0 spiro atoms. The Bertz CT molecular complexity index is 369. The molecule has 2 rings (SSSR count). The molecule has 6 heteroatoms. The summed E-state index contributed by atoms with van der Waals surface area (Å²) in [4.78, 5) is 6.48. The first kappa shape index (κ1) is 13.5. The summed E-state index contributed by atoms with van der Waals surface area (Å²) < 4.78 is 10.2. The van der Waals surface area contributed by atoms with Crippen LogP contribution < -0.4 is 0 Å². The molecule has 0 unspecified atom stereocenters. The van der Waals surface area contributed by atoms with E-state index in [1.807, 2.05) is 6.92 Å². The van der Waals surface area contributed by atoms with E-state index >= 15 is 0 Å². The largest absolute Gasteiger partial charge is 0.389 e. The van der Waals surface area contributed by atoms with E-state index in [1.165, 1.54) is 0 Å². The van der Waals surface area contributed by atoms with Gasteiger partial charge in [0.1, 0.15) is 0 Å². The second-order valence-corrected chi connectivity index (χ2v) is 4.64. The highest BCUT2D eigenvalue weighted by molar-refractivity contribution is 4.97. The summed E-state index contributed by atoms with van der Waals surface area (Å²) in [6.07, 6.45) is 1.65. The van der Waals surface area contributed by atoms with Crippen LogP contribution in [0.2, 0.25) is 0 Å². The van der Waals surface area contributed by atoms with Crippen LogP contribution in [0.3, 0.4) is 0 Å². The van der Waals surface area contributed by atoms with Crippen molar-refractivity contribution in [2.45, 2.75) is 38.8 Å². The average molecular weight is 255 g/mol. The van der Waals surface area contributed by atoms with Gasteiger partial charge in [-0.25, -0.2) is 0 Å². The van der Waals surface area contributed by atoms with E-state index in [0.29, 0.717) is 25.6 Å². The summed E-state index contributed by atoms with van der Waals surface area (Å²) in [6, 6.07) is 0.165. The minimum absolute atomic E-state index is 0.165. The highest BCUT2D eigenvalue weighted by Crippen LogP contribution is 2.29. The molecule has 0 aromatic carbocycles. The molecule has 2 atom stereocenters. The van der Waals surface area contributed by atoms with Gasteiger partial charge in [0.15, 0.2) is 5.82 Å². The molecule has 1 saturated heterocycles. The third kappa shape index (κ3) is 3.28. The first-order valence-electron chi connectivity index (χ1n) is 6.50. The SMILES string of the molecule is CCOC[C@H](O)CN1CCC[C@H]1c1noc(C)n1. The van der Waals surface area contributed by atoms with Crippen LogP contribution in [0, 0.1) is 6.92 Å². The van der Waals surface area contributed by atoms with Crippen LogP contribution in [0.1, 0.15) is 37.5 Å². The molecular weight excluding hydrogens is 234 g/mol. The van der Waals surface area contributed by atoms with E-state index in [0.717, 1.165) is 25.2 Å². The van der Waals surface area contributed by atoms with Crippen LogP contribution in [0.25, 0.3) is 0 Å². The Morgan fingerprint density at radius 1 is 1.61 bits per heavy atom. The quantitative estimate of drug-likeness (QED) is 0.814. The number of rotatable bonds is 6. The number of hydrogen-bond donors (Lipinski definition) is 1. The lowest BCUT2D eigenvalue weighted by molar-refractivity contribution is 0.0179. The Morgan fingerprint density at radius 3 is 3.11 bits per heavy atom. The molecule has 2 heterocycles. The van der Waals surface area contributed by atoms with Gasteiger partial charge in [0.2, 0.25) is 5.89 Å². The summed E-state index contributed by atoms with van der Waals surface area (Å²) in [5, 5.41) is 13.9. The van der Waals surface area contributed by atoms with Gasteiger partial charge in [0, 0.05) is 20.1 Å². The second-order valence-electron chi connectivity index (χ2n) is 4.64. The van der Waals surface area contributed by atoms with Crippen LogP contribution in [0.5, 0.6) is 0 Å². The number of β-amino-alcohol motifs (C(OH)–C–C–N with tert-alkyl or cyclic N) is 1. The van der Waals surface area contributed by atoms with E-state index in [1.54, 1.807) is 6.92 Å². The Morgan fingerprint density at radius 2 is 2.44 bits per heavy atom. The van der Waals surface area contributed by atoms with Gasteiger partial charge in [-0.15, -0.1) is 0 Å². The van der Waals surface area contributed by atoms with Gasteiger partial charge in [-0.1, -0.05) is 5.16 Å². The lowest BCUT2D eigenvalue weighted by Crippen LogP contribution is -2.35. The number of likely N-dealkylation sites (tertiary alicyclic amines) is 1. The zero-order chi connectivity index (χ0) is 13.0. The highest BCUT2D eigenvalue weighted by Gasteiger charge is 2.30. The monoisotopic (exact) mass is 255 g/mol. The summed E-state index contributed by atoms with van der Waals surface area (Å²) in [6.45, 7) is 6.28. The van der Waals surface area contributed by atoms with Gasteiger partial charge >= 0.3 is 0 Å². The van der Waals surface area contributed by atoms with Gasteiger partial charge in [-0.2, -0.15) is 4.98 Å². The Labute approximate surface area is 107 Å². The molecule has 1 aliphatic rings. The van der Waals surface area contributed by atoms with Crippen LogP contribution in [0.4, 0.5) is 0 Å². The second kappa shape index (κ2) is 6.26. The van der Waals surface area contributed by atoms with Crippen LogP contribution in [0.15, 0.2) is 4.52 Å². The van der Waals surface area contributed by atoms with Crippen molar-refractivity contribution in [2.24, 2.45) is 0 Å². The first-order valence-corrected chi connectivity index (χ1v) is 6.50. The van der Waals surface area contributed by atoms with Crippen molar-refractivity contribution in [1.82, 2.24) is 15.0 Å². The van der Waals surface area contributed by atoms with Gasteiger partial charge < -0.3 is 14.4 Å². The number of hydrogen-bond acceptors (Lipinski definition) is 6. The third-order valence-electron chi connectivity index (χ3n) is 3.16. The summed E-state index contributed by atoms with van der Waals surface area (Å²) in [7, 11) is 0. The summed E-state index contributed by atoms with van der Waals surface area (Å²) in [5.41, 5.74) is 0. The van der Waals surface area contributed by atoms with E-state index in [2.05, 4.69) is 15.0 Å². The number of aliphatic hydroxyl groups excluding tert-OH is 1. The molecule has 1 aliphatic heterocycles. The van der Waals surface area contributed by atoms with Crippen LogP contribution in [-0.2, 0) is 4.74 Å². The zero-order valence-electron chi connectivity index (χ0n) is 11.0. The Kier molecular flexibility index (Phi) is 4.68. The van der Waals surface area contributed by atoms with Gasteiger partial charge in [0.05, 0.1) is 18.8 Å². The standard InChI is InChI=1S/C12H21N3O3/c1-3-17-8-10(16)7-15-6-4-5-11(15)12-13-9(2)18-14-12/h10-11,16H,3-8H2,1-2H3/t10-,11+/m1/s1. The molecule has 0 bridgehead atoms. The summed E-state index contributed by atoms with van der Waals surface area (Å²) >= 11 is 0. The third-order valence-corrected chi connectivity index (χ3v) is 3.16. The van der Waals surface area contributed by atoms with Crippen molar-refractivity contribution in [2.75, 3.05) is 26.3 Å². The minimum Gasteiger partial charge on any atom is -0.389 e. The predicted octanol–water partition coefficient (Wildman–Crippen LogP) is 0.912. The smallest absolute Gasteiger partial charge is 0.223 e. The average Bonchev–Trinajstić information content (AvgIpc) is 2.95. The normalized spacial score (nSPS) is 22.5. The molecule has 1 fully saturated rings. The molecule has 6 nitrogen and oxygen atoms in total. The van der Waals surface area contributed by atoms with Crippen molar-refractivity contribution in [3.05, 3.63) is 11.7 Å². The van der Waals surface area contributed by atoms with E-state index < -0.39 is 6.10 Å². The maximum atomic E-state index is 9.88. The van der Waals surface area contributed by atoms with E-state index in [4.69, 9.17) is 9.26 Å². The number of nitrogens with zero attached hydrogens (tertiary/aromatic N) is 3. The summed E-state index contributed by atoms with van der Waals surface area (Å²) in [5.74, 6) is 1.32. The van der Waals surface area contributed by atoms with Crippen molar-refractivity contribution < 1.29 is 14.4 Å².